The quantitative estimate of drug-likeness (QED) is 0.270. The maximum absolute atomic E-state index is 4.50. The molecule has 0 aromatic carbocycles. The Balaban J connectivity index is 3.32. The molecule has 1 unspecified atom stereocenters. The summed E-state index contributed by atoms with van der Waals surface area (Å²) in [5.41, 5.74) is 2.24. The number of nitrogens with zero attached hydrogens (tertiary/aromatic N) is 1. The fourth-order valence-corrected chi connectivity index (χ4v) is 4.11. The second-order valence-corrected chi connectivity index (χ2v) is 8.01. The van der Waals surface area contributed by atoms with Gasteiger partial charge in [0.1, 0.15) is 0 Å². The third-order valence-corrected chi connectivity index (χ3v) is 6.24. The lowest BCUT2D eigenvalue weighted by Gasteiger charge is -2.06. The summed E-state index contributed by atoms with van der Waals surface area (Å²) in [6.45, 7) is 9.52. The third kappa shape index (κ3) is 11.9. The zero-order valence-electron chi connectivity index (χ0n) is 12.0. The summed E-state index contributed by atoms with van der Waals surface area (Å²) in [4.78, 5) is 4.50. The monoisotopic (exact) mass is 253 g/mol. The largest absolute Gasteiger partial charge is 0.298 e. The predicted molar refractivity (Wildman–Crippen MR) is 84.0 cm³/mol. The summed E-state index contributed by atoms with van der Waals surface area (Å²) in [6.07, 6.45) is 11.4. The Bertz CT molecular complexity index is 189. The lowest BCUT2D eigenvalue weighted by Crippen LogP contribution is -2.07. The van der Waals surface area contributed by atoms with E-state index in [2.05, 4.69) is 37.3 Å². The van der Waals surface area contributed by atoms with Crippen molar-refractivity contribution in [2.75, 3.05) is 6.54 Å². The Labute approximate surface area is 110 Å². The fourth-order valence-electron chi connectivity index (χ4n) is 2.03. The molecule has 0 aliphatic heterocycles. The molecule has 1 nitrogen and oxygen atoms in total. The minimum Gasteiger partial charge on any atom is -0.298 e. The second kappa shape index (κ2) is 13.7. The van der Waals surface area contributed by atoms with E-state index in [1.807, 2.05) is 0 Å². The van der Waals surface area contributed by atoms with Gasteiger partial charge in [0, 0.05) is 6.54 Å². The molecule has 0 aliphatic rings. The third-order valence-electron chi connectivity index (χ3n) is 3.18. The molecule has 0 radical (unpaired) electrons. The van der Waals surface area contributed by atoms with E-state index in [0.717, 1.165) is 6.54 Å². The minimum absolute atomic E-state index is 0.615. The zero-order valence-corrected chi connectivity index (χ0v) is 13.1. The number of hydrogen-bond donors (Lipinski definition) is 0. The first-order valence-corrected chi connectivity index (χ1v) is 9.75. The van der Waals surface area contributed by atoms with Gasteiger partial charge in [-0.15, -0.1) is 12.3 Å². The molecular formula is C15H31NSi. The van der Waals surface area contributed by atoms with E-state index >= 15 is 0 Å². The van der Waals surface area contributed by atoms with Crippen LogP contribution in [0.15, 0.2) is 17.3 Å². The lowest BCUT2D eigenvalue weighted by atomic mass is 10.2. The maximum Gasteiger partial charge on any atom is 0.0610 e. The minimum atomic E-state index is -0.615. The molecule has 2 heteroatoms. The standard InChI is InChI=1S/C15H31NSi/c1-4-7-8-9-10-12-16-13-11-15-17(6-3)14-5-2/h6,13,17H,3-5,7-12,14-15H2,1-2H3. The molecule has 1 atom stereocenters. The van der Waals surface area contributed by atoms with Crippen molar-refractivity contribution in [1.29, 1.82) is 0 Å². The molecule has 0 spiro atoms. The summed E-state index contributed by atoms with van der Waals surface area (Å²) in [5, 5.41) is 0. The van der Waals surface area contributed by atoms with Crippen molar-refractivity contribution in [2.45, 2.75) is 70.9 Å². The van der Waals surface area contributed by atoms with Crippen LogP contribution in [0, 0.1) is 0 Å². The number of aliphatic imine (C=N–C) groups is 1. The number of unbranched alkanes of at least 4 members (excludes halogenated alkanes) is 4. The van der Waals surface area contributed by atoms with Crippen LogP contribution in [0.5, 0.6) is 0 Å². The van der Waals surface area contributed by atoms with Gasteiger partial charge in [0.15, 0.2) is 0 Å². The molecule has 0 aromatic rings. The number of rotatable bonds is 12. The van der Waals surface area contributed by atoms with Crippen molar-refractivity contribution in [1.82, 2.24) is 0 Å². The number of hydrogen-bond acceptors (Lipinski definition) is 1. The first kappa shape index (κ1) is 16.6. The Morgan fingerprint density at radius 1 is 1.00 bits per heavy atom. The molecule has 0 saturated heterocycles. The molecule has 0 N–H and O–H groups in total. The topological polar surface area (TPSA) is 12.4 Å². The van der Waals surface area contributed by atoms with Crippen LogP contribution in [-0.4, -0.2) is 21.6 Å². The van der Waals surface area contributed by atoms with E-state index in [0.29, 0.717) is 0 Å². The first-order valence-electron chi connectivity index (χ1n) is 7.45. The molecule has 0 aromatic heterocycles. The van der Waals surface area contributed by atoms with Crippen molar-refractivity contribution in [2.24, 2.45) is 4.99 Å². The first-order chi connectivity index (χ1) is 8.35. The predicted octanol–water partition coefficient (Wildman–Crippen LogP) is 4.78. The van der Waals surface area contributed by atoms with Crippen molar-refractivity contribution in [3.63, 3.8) is 0 Å². The fraction of sp³-hybridized carbons (Fsp3) is 0.800. The van der Waals surface area contributed by atoms with E-state index in [1.54, 1.807) is 0 Å². The van der Waals surface area contributed by atoms with E-state index in [4.69, 9.17) is 0 Å². The average Bonchev–Trinajstić information content (AvgIpc) is 2.35. The Morgan fingerprint density at radius 2 is 1.76 bits per heavy atom. The van der Waals surface area contributed by atoms with Crippen LogP contribution in [0.25, 0.3) is 0 Å². The van der Waals surface area contributed by atoms with Crippen molar-refractivity contribution < 1.29 is 0 Å². The highest BCUT2D eigenvalue weighted by molar-refractivity contribution is 6.64. The molecule has 0 amide bonds. The van der Waals surface area contributed by atoms with Gasteiger partial charge in [-0.2, -0.15) is 0 Å². The van der Waals surface area contributed by atoms with Gasteiger partial charge in [-0.1, -0.05) is 58.0 Å². The van der Waals surface area contributed by atoms with Gasteiger partial charge in [0.25, 0.3) is 0 Å². The summed E-state index contributed by atoms with van der Waals surface area (Å²) < 4.78 is 0. The van der Waals surface area contributed by atoms with Crippen LogP contribution in [0.1, 0.15) is 58.8 Å². The van der Waals surface area contributed by atoms with Crippen molar-refractivity contribution in [3.8, 4) is 0 Å². The lowest BCUT2D eigenvalue weighted by molar-refractivity contribution is 0.639. The smallest absolute Gasteiger partial charge is 0.0610 e. The molecule has 17 heavy (non-hydrogen) atoms. The molecule has 0 heterocycles. The molecule has 0 aliphatic carbocycles. The average molecular weight is 254 g/mol. The van der Waals surface area contributed by atoms with Gasteiger partial charge < -0.3 is 0 Å². The van der Waals surface area contributed by atoms with Crippen molar-refractivity contribution >= 4 is 15.0 Å². The normalized spacial score (nSPS) is 13.1. The summed E-state index contributed by atoms with van der Waals surface area (Å²) in [6, 6.07) is 2.77. The Kier molecular flexibility index (Phi) is 13.4. The highest BCUT2D eigenvalue weighted by Gasteiger charge is 2.02. The van der Waals surface area contributed by atoms with E-state index in [-0.39, 0.29) is 0 Å². The maximum atomic E-state index is 4.50. The van der Waals surface area contributed by atoms with Crippen LogP contribution in [-0.2, 0) is 0 Å². The zero-order chi connectivity index (χ0) is 12.8. The van der Waals surface area contributed by atoms with Crippen LogP contribution in [0.3, 0.4) is 0 Å². The molecular weight excluding hydrogens is 222 g/mol. The van der Waals surface area contributed by atoms with Gasteiger partial charge in [-0.25, -0.2) is 0 Å². The Hall–Kier alpha value is -0.373. The van der Waals surface area contributed by atoms with Crippen LogP contribution >= 0.6 is 0 Å². The SMILES string of the molecule is C=C[SiH](CCC)CCC=NCCCCCCC. The van der Waals surface area contributed by atoms with Gasteiger partial charge in [-0.3, -0.25) is 4.99 Å². The molecule has 0 rings (SSSR count). The summed E-state index contributed by atoms with van der Waals surface area (Å²) >= 11 is 0. The molecule has 0 bridgehead atoms. The van der Waals surface area contributed by atoms with Crippen LogP contribution in [0.4, 0.5) is 0 Å². The van der Waals surface area contributed by atoms with Crippen molar-refractivity contribution in [3.05, 3.63) is 12.3 Å². The second-order valence-electron chi connectivity index (χ2n) is 4.86. The molecule has 100 valence electrons. The highest BCUT2D eigenvalue weighted by atomic mass is 28.3. The summed E-state index contributed by atoms with van der Waals surface area (Å²) in [7, 11) is -0.615. The van der Waals surface area contributed by atoms with E-state index in [1.165, 1.54) is 57.0 Å². The molecule has 0 saturated carbocycles. The van der Waals surface area contributed by atoms with Gasteiger partial charge in [0.05, 0.1) is 8.80 Å². The van der Waals surface area contributed by atoms with E-state index in [9.17, 15) is 0 Å². The van der Waals surface area contributed by atoms with Gasteiger partial charge in [-0.05, 0) is 19.1 Å². The van der Waals surface area contributed by atoms with Gasteiger partial charge in [0.2, 0.25) is 0 Å². The highest BCUT2D eigenvalue weighted by Crippen LogP contribution is 2.06. The van der Waals surface area contributed by atoms with Crippen LogP contribution < -0.4 is 0 Å². The molecule has 0 fully saturated rings. The van der Waals surface area contributed by atoms with Crippen LogP contribution in [0.2, 0.25) is 12.1 Å². The van der Waals surface area contributed by atoms with E-state index < -0.39 is 8.80 Å². The Morgan fingerprint density at radius 3 is 2.41 bits per heavy atom. The summed E-state index contributed by atoms with van der Waals surface area (Å²) in [5.74, 6) is 0. The van der Waals surface area contributed by atoms with Gasteiger partial charge >= 0.3 is 0 Å².